The summed E-state index contributed by atoms with van der Waals surface area (Å²) in [6.45, 7) is 4.03. The lowest BCUT2D eigenvalue weighted by Crippen LogP contribution is -2.36. The van der Waals surface area contributed by atoms with Gasteiger partial charge in [-0.2, -0.15) is 0 Å². The van der Waals surface area contributed by atoms with E-state index in [0.717, 1.165) is 24.8 Å². The number of benzene rings is 1. The third-order valence-electron chi connectivity index (χ3n) is 4.36. The average Bonchev–Trinajstić information content (AvgIpc) is 2.62. The number of methoxy groups -OCH3 is 1. The van der Waals surface area contributed by atoms with Crippen LogP contribution in [0.3, 0.4) is 0 Å². The van der Waals surface area contributed by atoms with Crippen molar-refractivity contribution in [3.05, 3.63) is 41.0 Å². The minimum absolute atomic E-state index is 0.281. The van der Waals surface area contributed by atoms with Crippen molar-refractivity contribution in [3.8, 4) is 5.75 Å². The van der Waals surface area contributed by atoms with Gasteiger partial charge in [0.2, 0.25) is 0 Å². The number of nitrogens with one attached hydrogen (secondary N) is 1. The molecule has 0 spiro atoms. The first-order valence-electron chi connectivity index (χ1n) is 8.82. The van der Waals surface area contributed by atoms with Gasteiger partial charge >= 0.3 is 5.97 Å². The van der Waals surface area contributed by atoms with Gasteiger partial charge in [-0.1, -0.05) is 23.3 Å². The summed E-state index contributed by atoms with van der Waals surface area (Å²) in [6.07, 6.45) is 7.01. The highest BCUT2D eigenvalue weighted by Gasteiger charge is 2.21. The minimum Gasteiger partial charge on any atom is -0.496 e. The van der Waals surface area contributed by atoms with Gasteiger partial charge in [0.15, 0.2) is 6.10 Å². The van der Waals surface area contributed by atoms with Gasteiger partial charge in [0.1, 0.15) is 11.3 Å². The van der Waals surface area contributed by atoms with Crippen LogP contribution in [0.4, 0.5) is 0 Å². The standard InChI is InChI=1S/C20H27NO4/c1-14-9-10-18(24-3)17(13-14)20(23)25-15(2)19(22)21-12-11-16-7-5-4-6-8-16/h7,9-10,13,15H,4-6,8,11-12H2,1-3H3,(H,21,22)/t15-/m0/s1. The lowest BCUT2D eigenvalue weighted by molar-refractivity contribution is -0.129. The van der Waals surface area contributed by atoms with Crippen molar-refractivity contribution in [2.24, 2.45) is 0 Å². The number of allylic oxidation sites excluding steroid dienone is 1. The summed E-state index contributed by atoms with van der Waals surface area (Å²) in [5, 5.41) is 2.84. The van der Waals surface area contributed by atoms with Gasteiger partial charge in [0.25, 0.3) is 5.91 Å². The molecular formula is C20H27NO4. The number of carbonyl (C=O) groups excluding carboxylic acids is 2. The van der Waals surface area contributed by atoms with Crippen LogP contribution in [-0.2, 0) is 9.53 Å². The van der Waals surface area contributed by atoms with Gasteiger partial charge < -0.3 is 14.8 Å². The van der Waals surface area contributed by atoms with E-state index in [1.807, 2.05) is 13.0 Å². The van der Waals surface area contributed by atoms with Crippen LogP contribution in [0, 0.1) is 6.92 Å². The molecule has 1 aliphatic rings. The van der Waals surface area contributed by atoms with Gasteiger partial charge in [-0.05, 0) is 58.1 Å². The molecule has 0 radical (unpaired) electrons. The normalized spacial score (nSPS) is 15.1. The average molecular weight is 345 g/mol. The number of esters is 1. The Kier molecular flexibility index (Phi) is 7.04. The molecule has 0 bridgehead atoms. The molecule has 0 saturated heterocycles. The second kappa shape index (κ2) is 9.25. The summed E-state index contributed by atoms with van der Waals surface area (Å²) in [4.78, 5) is 24.5. The number of hydrogen-bond acceptors (Lipinski definition) is 4. The van der Waals surface area contributed by atoms with Crippen molar-refractivity contribution in [2.45, 2.75) is 52.1 Å². The molecule has 2 rings (SSSR count). The Balaban J connectivity index is 1.84. The van der Waals surface area contributed by atoms with Crippen LogP contribution in [0.1, 0.15) is 54.9 Å². The molecule has 5 nitrogen and oxygen atoms in total. The number of amides is 1. The summed E-state index contributed by atoms with van der Waals surface area (Å²) < 4.78 is 10.5. The molecule has 1 aromatic carbocycles. The fourth-order valence-corrected chi connectivity index (χ4v) is 2.88. The molecule has 1 N–H and O–H groups in total. The van der Waals surface area contributed by atoms with Crippen LogP contribution in [0.5, 0.6) is 5.75 Å². The first-order valence-corrected chi connectivity index (χ1v) is 8.82. The first-order chi connectivity index (χ1) is 12.0. The number of carbonyl (C=O) groups is 2. The molecule has 0 aromatic heterocycles. The van der Waals surface area contributed by atoms with Crippen LogP contribution in [-0.4, -0.2) is 31.6 Å². The van der Waals surface area contributed by atoms with Gasteiger partial charge in [-0.3, -0.25) is 4.79 Å². The predicted octanol–water partition coefficient (Wildman–Crippen LogP) is 3.56. The maximum Gasteiger partial charge on any atom is 0.342 e. The Morgan fingerprint density at radius 2 is 2.08 bits per heavy atom. The van der Waals surface area contributed by atoms with E-state index in [2.05, 4.69) is 11.4 Å². The Morgan fingerprint density at radius 1 is 1.28 bits per heavy atom. The maximum atomic E-state index is 12.3. The smallest absolute Gasteiger partial charge is 0.342 e. The van der Waals surface area contributed by atoms with E-state index < -0.39 is 12.1 Å². The number of aryl methyl sites for hydroxylation is 1. The Morgan fingerprint density at radius 3 is 2.76 bits per heavy atom. The molecule has 0 aliphatic heterocycles. The third kappa shape index (κ3) is 5.62. The zero-order valence-corrected chi connectivity index (χ0v) is 15.3. The molecule has 1 amide bonds. The highest BCUT2D eigenvalue weighted by Crippen LogP contribution is 2.21. The van der Waals surface area contributed by atoms with E-state index in [4.69, 9.17) is 9.47 Å². The lowest BCUT2D eigenvalue weighted by Gasteiger charge is -2.16. The molecule has 1 atom stereocenters. The zero-order chi connectivity index (χ0) is 18.2. The minimum atomic E-state index is -0.849. The highest BCUT2D eigenvalue weighted by atomic mass is 16.5. The van der Waals surface area contributed by atoms with Crippen molar-refractivity contribution < 1.29 is 19.1 Å². The molecule has 0 heterocycles. The molecule has 136 valence electrons. The summed E-state index contributed by atoms with van der Waals surface area (Å²) in [7, 11) is 1.50. The second-order valence-electron chi connectivity index (χ2n) is 6.40. The molecule has 25 heavy (non-hydrogen) atoms. The fourth-order valence-electron chi connectivity index (χ4n) is 2.88. The fraction of sp³-hybridized carbons (Fsp3) is 0.500. The molecule has 0 fully saturated rings. The van der Waals surface area contributed by atoms with Gasteiger partial charge in [-0.25, -0.2) is 4.79 Å². The van der Waals surface area contributed by atoms with E-state index in [9.17, 15) is 9.59 Å². The largest absolute Gasteiger partial charge is 0.496 e. The quantitative estimate of drug-likeness (QED) is 0.606. The Hall–Kier alpha value is -2.30. The van der Waals surface area contributed by atoms with E-state index in [-0.39, 0.29) is 5.91 Å². The number of hydrogen-bond donors (Lipinski definition) is 1. The predicted molar refractivity (Wildman–Crippen MR) is 96.8 cm³/mol. The van der Waals surface area contributed by atoms with Crippen LogP contribution >= 0.6 is 0 Å². The van der Waals surface area contributed by atoms with Crippen LogP contribution in [0.2, 0.25) is 0 Å². The van der Waals surface area contributed by atoms with Crippen molar-refractivity contribution in [1.29, 1.82) is 0 Å². The van der Waals surface area contributed by atoms with Crippen molar-refractivity contribution in [2.75, 3.05) is 13.7 Å². The summed E-state index contributed by atoms with van der Waals surface area (Å²) in [5.41, 5.74) is 2.65. The zero-order valence-electron chi connectivity index (χ0n) is 15.3. The molecule has 1 aromatic rings. The number of ether oxygens (including phenoxy) is 2. The Bertz CT molecular complexity index is 651. The van der Waals surface area contributed by atoms with Gasteiger partial charge in [0, 0.05) is 6.54 Å². The first kappa shape index (κ1) is 19.0. The van der Waals surface area contributed by atoms with Crippen molar-refractivity contribution >= 4 is 11.9 Å². The third-order valence-corrected chi connectivity index (χ3v) is 4.36. The van der Waals surface area contributed by atoms with Crippen molar-refractivity contribution in [1.82, 2.24) is 5.32 Å². The van der Waals surface area contributed by atoms with Gasteiger partial charge in [0.05, 0.1) is 7.11 Å². The van der Waals surface area contributed by atoms with Crippen LogP contribution in [0.25, 0.3) is 0 Å². The number of rotatable bonds is 7. The van der Waals surface area contributed by atoms with Crippen LogP contribution < -0.4 is 10.1 Å². The van der Waals surface area contributed by atoms with E-state index in [0.29, 0.717) is 17.9 Å². The molecule has 1 aliphatic carbocycles. The van der Waals surface area contributed by atoms with Crippen LogP contribution in [0.15, 0.2) is 29.8 Å². The highest BCUT2D eigenvalue weighted by molar-refractivity contribution is 5.94. The topological polar surface area (TPSA) is 64.6 Å². The lowest BCUT2D eigenvalue weighted by atomic mass is 9.97. The van der Waals surface area contributed by atoms with Gasteiger partial charge in [-0.15, -0.1) is 0 Å². The van der Waals surface area contributed by atoms with E-state index in [1.165, 1.54) is 25.5 Å². The van der Waals surface area contributed by atoms with E-state index >= 15 is 0 Å². The molecule has 0 unspecified atom stereocenters. The SMILES string of the molecule is COc1ccc(C)cc1C(=O)O[C@@H](C)C(=O)NCCC1=CCCCC1. The monoisotopic (exact) mass is 345 g/mol. The molecule has 0 saturated carbocycles. The van der Waals surface area contributed by atoms with Crippen molar-refractivity contribution in [3.63, 3.8) is 0 Å². The maximum absolute atomic E-state index is 12.3. The van der Waals surface area contributed by atoms with E-state index in [1.54, 1.807) is 19.1 Å². The molecule has 5 heteroatoms. The molecular weight excluding hydrogens is 318 g/mol. The summed E-state index contributed by atoms with van der Waals surface area (Å²) in [5.74, 6) is -0.401. The second-order valence-corrected chi connectivity index (χ2v) is 6.40. The summed E-state index contributed by atoms with van der Waals surface area (Å²) in [6, 6.07) is 5.27. The summed E-state index contributed by atoms with van der Waals surface area (Å²) >= 11 is 0. The Labute approximate surface area is 149 Å².